The molecule has 1 N–H and O–H groups in total. The van der Waals surface area contributed by atoms with Crippen molar-refractivity contribution in [2.45, 2.75) is 25.8 Å². The monoisotopic (exact) mass is 282 g/mol. The van der Waals surface area contributed by atoms with Crippen LogP contribution in [-0.2, 0) is 0 Å². The molecule has 3 nitrogen and oxygen atoms in total. The van der Waals surface area contributed by atoms with Crippen LogP contribution in [0.3, 0.4) is 0 Å². The first-order valence-electron chi connectivity index (χ1n) is 6.92. The average Bonchev–Trinajstić information content (AvgIpc) is 2.54. The van der Waals surface area contributed by atoms with E-state index in [0.717, 1.165) is 37.0 Å². The number of halogens is 1. The fourth-order valence-electron chi connectivity index (χ4n) is 2.42. The van der Waals surface area contributed by atoms with E-state index in [1.807, 2.05) is 24.3 Å². The van der Waals surface area contributed by atoms with Gasteiger partial charge in [0.05, 0.1) is 0 Å². The summed E-state index contributed by atoms with van der Waals surface area (Å²) in [6.45, 7) is 9.51. The lowest BCUT2D eigenvalue weighted by molar-refractivity contribution is 0.110. The van der Waals surface area contributed by atoms with Crippen LogP contribution in [0.25, 0.3) is 0 Å². The molecule has 0 radical (unpaired) electrons. The van der Waals surface area contributed by atoms with Crippen molar-refractivity contribution in [1.29, 1.82) is 0 Å². The maximum Gasteiger partial charge on any atom is 0.119 e. The third-order valence-corrected chi connectivity index (χ3v) is 3.89. The summed E-state index contributed by atoms with van der Waals surface area (Å²) in [5.74, 6) is 0.884. The van der Waals surface area contributed by atoms with Gasteiger partial charge in [-0.2, -0.15) is 0 Å². The van der Waals surface area contributed by atoms with Crippen LogP contribution in [0.4, 0.5) is 0 Å². The van der Waals surface area contributed by atoms with E-state index in [4.69, 9.17) is 16.3 Å². The Hall–Kier alpha value is -0.770. The molecule has 1 aliphatic rings. The van der Waals surface area contributed by atoms with E-state index in [1.165, 1.54) is 6.42 Å². The van der Waals surface area contributed by atoms with Crippen molar-refractivity contribution in [2.75, 3.05) is 32.8 Å². The van der Waals surface area contributed by atoms with Gasteiger partial charge in [-0.25, -0.2) is 0 Å². The standard InChI is InChI=1S/C15H23ClN2O/c1-15(2)12-17-8-3-9-18(15)10-11-19-14-6-4-13(16)5-7-14/h4-7,17H,3,8-12H2,1-2H3. The number of hydrogen-bond acceptors (Lipinski definition) is 3. The van der Waals surface area contributed by atoms with Crippen molar-refractivity contribution in [1.82, 2.24) is 10.2 Å². The van der Waals surface area contributed by atoms with Crippen molar-refractivity contribution in [2.24, 2.45) is 0 Å². The molecule has 106 valence electrons. The largest absolute Gasteiger partial charge is 0.492 e. The van der Waals surface area contributed by atoms with Crippen LogP contribution in [-0.4, -0.2) is 43.2 Å². The predicted molar refractivity (Wildman–Crippen MR) is 80.1 cm³/mol. The van der Waals surface area contributed by atoms with Crippen molar-refractivity contribution < 1.29 is 4.74 Å². The molecule has 2 rings (SSSR count). The fourth-order valence-corrected chi connectivity index (χ4v) is 2.55. The second kappa shape index (κ2) is 6.60. The van der Waals surface area contributed by atoms with E-state index in [2.05, 4.69) is 24.1 Å². The van der Waals surface area contributed by atoms with E-state index >= 15 is 0 Å². The zero-order valence-electron chi connectivity index (χ0n) is 11.8. The highest BCUT2D eigenvalue weighted by atomic mass is 35.5. The molecule has 0 amide bonds. The van der Waals surface area contributed by atoms with Crippen LogP contribution in [0.15, 0.2) is 24.3 Å². The molecule has 1 heterocycles. The number of benzene rings is 1. The summed E-state index contributed by atoms with van der Waals surface area (Å²) in [6.07, 6.45) is 1.20. The second-order valence-corrected chi connectivity index (χ2v) is 6.07. The van der Waals surface area contributed by atoms with Gasteiger partial charge in [-0.05, 0) is 51.1 Å². The zero-order chi connectivity index (χ0) is 13.7. The Morgan fingerprint density at radius 1 is 1.32 bits per heavy atom. The molecule has 0 bridgehead atoms. The molecule has 0 aromatic heterocycles. The molecule has 1 aromatic carbocycles. The number of nitrogens with zero attached hydrogens (tertiary/aromatic N) is 1. The van der Waals surface area contributed by atoms with E-state index in [1.54, 1.807) is 0 Å². The van der Waals surface area contributed by atoms with Crippen LogP contribution in [0.1, 0.15) is 20.3 Å². The topological polar surface area (TPSA) is 24.5 Å². The van der Waals surface area contributed by atoms with Crippen molar-refractivity contribution in [3.05, 3.63) is 29.3 Å². The van der Waals surface area contributed by atoms with Gasteiger partial charge in [0.25, 0.3) is 0 Å². The van der Waals surface area contributed by atoms with Gasteiger partial charge in [0, 0.05) is 30.2 Å². The molecule has 1 aromatic rings. The quantitative estimate of drug-likeness (QED) is 0.919. The summed E-state index contributed by atoms with van der Waals surface area (Å²) in [5, 5.41) is 4.23. The first kappa shape index (κ1) is 14.6. The van der Waals surface area contributed by atoms with Gasteiger partial charge in [-0.15, -0.1) is 0 Å². The van der Waals surface area contributed by atoms with Gasteiger partial charge >= 0.3 is 0 Å². The van der Waals surface area contributed by atoms with Crippen molar-refractivity contribution >= 4 is 11.6 Å². The first-order chi connectivity index (χ1) is 9.08. The van der Waals surface area contributed by atoms with Gasteiger partial charge in [-0.1, -0.05) is 11.6 Å². The molecule has 19 heavy (non-hydrogen) atoms. The van der Waals surface area contributed by atoms with Crippen molar-refractivity contribution in [3.8, 4) is 5.75 Å². The minimum Gasteiger partial charge on any atom is -0.492 e. The number of rotatable bonds is 4. The molecule has 1 aliphatic heterocycles. The lowest BCUT2D eigenvalue weighted by Crippen LogP contribution is -2.49. The van der Waals surface area contributed by atoms with Crippen LogP contribution >= 0.6 is 11.6 Å². The van der Waals surface area contributed by atoms with E-state index in [-0.39, 0.29) is 5.54 Å². The molecule has 0 aliphatic carbocycles. The summed E-state index contributed by atoms with van der Waals surface area (Å²) in [4.78, 5) is 2.50. The normalized spacial score (nSPS) is 19.9. The molecular weight excluding hydrogens is 260 g/mol. The molecule has 1 saturated heterocycles. The average molecular weight is 283 g/mol. The number of hydrogen-bond donors (Lipinski definition) is 1. The van der Waals surface area contributed by atoms with Crippen molar-refractivity contribution in [3.63, 3.8) is 0 Å². The van der Waals surface area contributed by atoms with Crippen LogP contribution in [0, 0.1) is 0 Å². The smallest absolute Gasteiger partial charge is 0.119 e. The summed E-state index contributed by atoms with van der Waals surface area (Å²) in [5.41, 5.74) is 0.194. The summed E-state index contributed by atoms with van der Waals surface area (Å²) in [6, 6.07) is 7.54. The van der Waals surface area contributed by atoms with Crippen LogP contribution in [0.2, 0.25) is 5.02 Å². The highest BCUT2D eigenvalue weighted by molar-refractivity contribution is 6.30. The molecule has 1 fully saturated rings. The first-order valence-corrected chi connectivity index (χ1v) is 7.30. The Balaban J connectivity index is 1.82. The lowest BCUT2D eigenvalue weighted by Gasteiger charge is -2.36. The summed E-state index contributed by atoms with van der Waals surface area (Å²) >= 11 is 5.85. The Morgan fingerprint density at radius 3 is 2.79 bits per heavy atom. The van der Waals surface area contributed by atoms with Gasteiger partial charge in [-0.3, -0.25) is 4.90 Å². The Bertz CT molecular complexity index is 392. The third-order valence-electron chi connectivity index (χ3n) is 3.64. The predicted octanol–water partition coefficient (Wildman–Crippen LogP) is 2.79. The lowest BCUT2D eigenvalue weighted by atomic mass is 10.0. The molecule has 0 spiro atoms. The molecule has 4 heteroatoms. The van der Waals surface area contributed by atoms with Gasteiger partial charge in [0.1, 0.15) is 12.4 Å². The summed E-state index contributed by atoms with van der Waals surface area (Å²) < 4.78 is 5.78. The minimum absolute atomic E-state index is 0.194. The Morgan fingerprint density at radius 2 is 2.05 bits per heavy atom. The number of nitrogens with one attached hydrogen (secondary N) is 1. The molecular formula is C15H23ClN2O. The second-order valence-electron chi connectivity index (χ2n) is 5.63. The van der Waals surface area contributed by atoms with E-state index in [0.29, 0.717) is 6.61 Å². The third kappa shape index (κ3) is 4.37. The molecule has 0 saturated carbocycles. The van der Waals surface area contributed by atoms with Crippen LogP contribution in [0.5, 0.6) is 5.75 Å². The zero-order valence-corrected chi connectivity index (χ0v) is 12.5. The SMILES string of the molecule is CC1(C)CNCCCN1CCOc1ccc(Cl)cc1. The maximum absolute atomic E-state index is 5.85. The van der Waals surface area contributed by atoms with Gasteiger partial charge in [0.15, 0.2) is 0 Å². The Labute approximate surface area is 120 Å². The fraction of sp³-hybridized carbons (Fsp3) is 0.600. The maximum atomic E-state index is 5.85. The Kier molecular flexibility index (Phi) is 5.08. The highest BCUT2D eigenvalue weighted by Gasteiger charge is 2.27. The highest BCUT2D eigenvalue weighted by Crippen LogP contribution is 2.18. The van der Waals surface area contributed by atoms with E-state index < -0.39 is 0 Å². The molecule has 0 atom stereocenters. The summed E-state index contributed by atoms with van der Waals surface area (Å²) in [7, 11) is 0. The molecule has 0 unspecified atom stereocenters. The van der Waals surface area contributed by atoms with Gasteiger partial charge in [0.2, 0.25) is 0 Å². The van der Waals surface area contributed by atoms with E-state index in [9.17, 15) is 0 Å². The number of ether oxygens (including phenoxy) is 1. The minimum atomic E-state index is 0.194. The van der Waals surface area contributed by atoms with Crippen LogP contribution < -0.4 is 10.1 Å². The van der Waals surface area contributed by atoms with Gasteiger partial charge < -0.3 is 10.1 Å².